The third kappa shape index (κ3) is 9.37. The van der Waals surface area contributed by atoms with Crippen LogP contribution in [0.5, 0.6) is 0 Å². The van der Waals surface area contributed by atoms with Crippen LogP contribution in [0.25, 0.3) is 5.57 Å². The summed E-state index contributed by atoms with van der Waals surface area (Å²) < 4.78 is 0. The summed E-state index contributed by atoms with van der Waals surface area (Å²) in [5.74, 6) is 1.02. The van der Waals surface area contributed by atoms with Gasteiger partial charge >= 0.3 is 0 Å². The Bertz CT molecular complexity index is 925. The predicted octanol–water partition coefficient (Wildman–Crippen LogP) is 8.35. The Morgan fingerprint density at radius 2 is 1.65 bits per heavy atom. The van der Waals surface area contributed by atoms with Crippen LogP contribution in [0.1, 0.15) is 97.1 Å². The van der Waals surface area contributed by atoms with E-state index in [-0.39, 0.29) is 0 Å². The van der Waals surface area contributed by atoms with Gasteiger partial charge in [-0.3, -0.25) is 4.98 Å². The van der Waals surface area contributed by atoms with Gasteiger partial charge in [-0.25, -0.2) is 0 Å². The third-order valence-corrected chi connectivity index (χ3v) is 6.92. The first-order valence-corrected chi connectivity index (χ1v) is 13.5. The number of hydrogen-bond acceptors (Lipinski definition) is 2. The zero-order valence-corrected chi connectivity index (χ0v) is 23.6. The minimum atomic E-state index is 1.02. The first kappa shape index (κ1) is 28.3. The number of rotatable bonds is 10. The Labute approximate surface area is 210 Å². The van der Waals surface area contributed by atoms with E-state index in [1.54, 1.807) is 0 Å². The second-order valence-corrected chi connectivity index (χ2v) is 10.8. The molecule has 0 amide bonds. The normalized spacial score (nSPS) is 13.8. The van der Waals surface area contributed by atoms with Gasteiger partial charge in [0.15, 0.2) is 0 Å². The van der Waals surface area contributed by atoms with Crippen LogP contribution in [0.3, 0.4) is 0 Å². The Morgan fingerprint density at radius 3 is 2.18 bits per heavy atom. The van der Waals surface area contributed by atoms with Gasteiger partial charge in [0.1, 0.15) is 0 Å². The fourth-order valence-corrected chi connectivity index (χ4v) is 5.22. The second-order valence-electron chi connectivity index (χ2n) is 10.8. The van der Waals surface area contributed by atoms with Gasteiger partial charge in [-0.2, -0.15) is 0 Å². The van der Waals surface area contributed by atoms with Crippen LogP contribution in [-0.2, 0) is 12.8 Å². The monoisotopic (exact) mass is 462 g/mol. The zero-order chi connectivity index (χ0) is 25.3. The van der Waals surface area contributed by atoms with Crippen molar-refractivity contribution < 1.29 is 0 Å². The highest BCUT2D eigenvalue weighted by molar-refractivity contribution is 5.68. The molecule has 3 rings (SSSR count). The maximum absolute atomic E-state index is 4.77. The molecule has 0 atom stereocenters. The lowest BCUT2D eigenvalue weighted by Gasteiger charge is -2.15. The van der Waals surface area contributed by atoms with E-state index in [0.29, 0.717) is 0 Å². The molecule has 1 aliphatic rings. The Kier molecular flexibility index (Phi) is 11.5. The summed E-state index contributed by atoms with van der Waals surface area (Å²) in [7, 11) is 4.17. The number of hydrogen-bond donors (Lipinski definition) is 0. The molecule has 1 heterocycles. The number of aryl methyl sites for hydroxylation is 6. The van der Waals surface area contributed by atoms with Gasteiger partial charge in [0.25, 0.3) is 0 Å². The summed E-state index contributed by atoms with van der Waals surface area (Å²) in [6.45, 7) is 16.7. The minimum Gasteiger partial charge on any atom is -0.309 e. The van der Waals surface area contributed by atoms with Crippen LogP contribution in [0, 0.1) is 40.5 Å². The Hall–Kier alpha value is -1.93. The lowest BCUT2D eigenvalue weighted by molar-refractivity contribution is 0.408. The molecule has 2 aromatic rings. The van der Waals surface area contributed by atoms with Gasteiger partial charge in [0.2, 0.25) is 0 Å². The maximum atomic E-state index is 4.77. The Balaban J connectivity index is 0.000000604. The standard InChI is InChI=1S/C27H37N.C5H13N/c1-18-15-20(3)26(21(4)16-18)12-7-9-19(2)27-23(6)28-22(5)17-25(27)11-8-10-24-13-14-24;1-4-5-6(2)3/h9,15-17,24H,7-8,10-14H2,1-6H3;4-5H2,1-3H3/b19-9-;. The van der Waals surface area contributed by atoms with Crippen molar-refractivity contribution >= 4 is 5.57 Å². The van der Waals surface area contributed by atoms with Gasteiger partial charge in [0.05, 0.1) is 0 Å². The summed E-state index contributed by atoms with van der Waals surface area (Å²) in [6.07, 6.45) is 12.7. The molecular weight excluding hydrogens is 412 g/mol. The molecular formula is C32H50N2. The van der Waals surface area contributed by atoms with E-state index in [4.69, 9.17) is 4.98 Å². The molecule has 188 valence electrons. The number of allylic oxidation sites excluding steroid dienone is 2. The van der Waals surface area contributed by atoms with Crippen molar-refractivity contribution in [3.63, 3.8) is 0 Å². The molecule has 1 aromatic carbocycles. The Morgan fingerprint density at radius 1 is 1.00 bits per heavy atom. The maximum Gasteiger partial charge on any atom is 0.0453 e. The lowest BCUT2D eigenvalue weighted by Crippen LogP contribution is -2.11. The molecule has 1 aromatic heterocycles. The molecule has 0 saturated heterocycles. The van der Waals surface area contributed by atoms with Crippen LogP contribution in [0.15, 0.2) is 24.3 Å². The molecule has 0 aliphatic heterocycles. The summed E-state index contributed by atoms with van der Waals surface area (Å²) in [6, 6.07) is 6.94. The average molecular weight is 463 g/mol. The average Bonchev–Trinajstić information content (AvgIpc) is 3.54. The highest BCUT2D eigenvalue weighted by atomic mass is 15.0. The first-order chi connectivity index (χ1) is 16.1. The summed E-state index contributed by atoms with van der Waals surface area (Å²) in [5, 5.41) is 0. The fourth-order valence-electron chi connectivity index (χ4n) is 5.22. The molecule has 0 N–H and O–H groups in total. The molecule has 0 radical (unpaired) electrons. The van der Waals surface area contributed by atoms with Crippen LogP contribution in [0.2, 0.25) is 0 Å². The van der Waals surface area contributed by atoms with Gasteiger partial charge in [0, 0.05) is 17.0 Å². The van der Waals surface area contributed by atoms with Crippen LogP contribution in [0.4, 0.5) is 0 Å². The highest BCUT2D eigenvalue weighted by Crippen LogP contribution is 2.34. The van der Waals surface area contributed by atoms with Crippen LogP contribution < -0.4 is 0 Å². The molecule has 0 unspecified atom stereocenters. The van der Waals surface area contributed by atoms with Crippen molar-refractivity contribution in [2.45, 2.75) is 99.8 Å². The molecule has 1 saturated carbocycles. The van der Waals surface area contributed by atoms with Crippen molar-refractivity contribution in [2.75, 3.05) is 20.6 Å². The van der Waals surface area contributed by atoms with E-state index >= 15 is 0 Å². The van der Waals surface area contributed by atoms with Crippen LogP contribution >= 0.6 is 0 Å². The third-order valence-electron chi connectivity index (χ3n) is 6.92. The summed E-state index contributed by atoms with van der Waals surface area (Å²) in [5.41, 5.74) is 12.4. The van der Waals surface area contributed by atoms with E-state index in [9.17, 15) is 0 Å². The molecule has 0 spiro atoms. The molecule has 2 nitrogen and oxygen atoms in total. The van der Waals surface area contributed by atoms with Gasteiger partial charge in [-0.1, -0.05) is 50.0 Å². The van der Waals surface area contributed by atoms with Crippen molar-refractivity contribution in [2.24, 2.45) is 5.92 Å². The molecule has 2 heteroatoms. The molecule has 1 fully saturated rings. The second kappa shape index (κ2) is 13.8. The van der Waals surface area contributed by atoms with Gasteiger partial charge in [-0.05, 0) is 134 Å². The fraction of sp³-hybridized carbons (Fsp3) is 0.594. The summed E-state index contributed by atoms with van der Waals surface area (Å²) >= 11 is 0. The van der Waals surface area contributed by atoms with E-state index in [1.165, 1.54) is 89.7 Å². The van der Waals surface area contributed by atoms with Gasteiger partial charge < -0.3 is 4.90 Å². The van der Waals surface area contributed by atoms with E-state index in [1.807, 2.05) is 0 Å². The topological polar surface area (TPSA) is 16.1 Å². The summed E-state index contributed by atoms with van der Waals surface area (Å²) in [4.78, 5) is 6.95. The van der Waals surface area contributed by atoms with Crippen molar-refractivity contribution in [1.29, 1.82) is 0 Å². The highest BCUT2D eigenvalue weighted by Gasteiger charge is 2.20. The number of pyridine rings is 1. The number of aromatic nitrogens is 1. The van der Waals surface area contributed by atoms with Crippen molar-refractivity contribution in [1.82, 2.24) is 9.88 Å². The zero-order valence-electron chi connectivity index (χ0n) is 23.6. The smallest absolute Gasteiger partial charge is 0.0453 e. The minimum absolute atomic E-state index is 1.02. The van der Waals surface area contributed by atoms with E-state index in [0.717, 1.165) is 24.5 Å². The number of benzene rings is 1. The molecule has 34 heavy (non-hydrogen) atoms. The van der Waals surface area contributed by atoms with E-state index in [2.05, 4.69) is 91.7 Å². The lowest BCUT2D eigenvalue weighted by atomic mass is 9.92. The van der Waals surface area contributed by atoms with Crippen molar-refractivity contribution in [3.05, 3.63) is 69.0 Å². The molecule has 0 bridgehead atoms. The SMILES string of the molecule is C/C(=C/CCc1c(C)cc(C)cc1C)c1c(CCCC2CC2)cc(C)nc1C.CCCN(C)C. The first-order valence-electron chi connectivity index (χ1n) is 13.5. The predicted molar refractivity (Wildman–Crippen MR) is 151 cm³/mol. The quantitative estimate of drug-likeness (QED) is 0.352. The van der Waals surface area contributed by atoms with Crippen LogP contribution in [-0.4, -0.2) is 30.5 Å². The van der Waals surface area contributed by atoms with E-state index < -0.39 is 0 Å². The van der Waals surface area contributed by atoms with Gasteiger partial charge in [-0.15, -0.1) is 0 Å². The largest absolute Gasteiger partial charge is 0.309 e. The number of nitrogens with zero attached hydrogens (tertiary/aromatic N) is 2. The van der Waals surface area contributed by atoms with Crippen molar-refractivity contribution in [3.8, 4) is 0 Å². The molecule has 1 aliphatic carbocycles.